The van der Waals surface area contributed by atoms with Crippen molar-refractivity contribution in [1.82, 2.24) is 10.2 Å². The van der Waals surface area contributed by atoms with Gasteiger partial charge in [0.05, 0.1) is 0 Å². The molecule has 0 bridgehead atoms. The Balaban J connectivity index is 2.77. The molecule has 1 rings (SSSR count). The van der Waals surface area contributed by atoms with Crippen molar-refractivity contribution in [2.45, 2.75) is 46.0 Å². The van der Waals surface area contributed by atoms with Crippen LogP contribution in [0.25, 0.3) is 0 Å². The maximum atomic E-state index is 4.18. The summed E-state index contributed by atoms with van der Waals surface area (Å²) in [5.74, 6) is 1.08. The quantitative estimate of drug-likeness (QED) is 0.721. The van der Waals surface area contributed by atoms with Gasteiger partial charge >= 0.3 is 0 Å². The van der Waals surface area contributed by atoms with Crippen LogP contribution in [0.3, 0.4) is 0 Å². The monoisotopic (exact) mass is 184 g/mol. The second-order valence-corrected chi connectivity index (χ2v) is 4.48. The van der Waals surface area contributed by atoms with Crippen molar-refractivity contribution < 1.29 is 0 Å². The third-order valence-corrected chi connectivity index (χ3v) is 3.44. The highest BCUT2D eigenvalue weighted by atomic mass is 32.1. The number of rotatable bonds is 3. The molecule has 12 heavy (non-hydrogen) atoms. The smallest absolute Gasteiger partial charge is 0.120 e. The van der Waals surface area contributed by atoms with E-state index in [2.05, 4.69) is 37.9 Å². The fourth-order valence-electron chi connectivity index (χ4n) is 0.854. The van der Waals surface area contributed by atoms with E-state index in [-0.39, 0.29) is 0 Å². The molecule has 0 fully saturated rings. The molecule has 1 unspecified atom stereocenters. The van der Waals surface area contributed by atoms with Crippen LogP contribution in [-0.2, 0) is 0 Å². The van der Waals surface area contributed by atoms with Gasteiger partial charge in [-0.05, 0) is 6.42 Å². The Morgan fingerprint density at radius 3 is 2.17 bits per heavy atom. The number of hydrogen-bond donors (Lipinski definition) is 0. The molecular formula is C9H16N2S. The molecule has 0 aliphatic rings. The average molecular weight is 184 g/mol. The summed E-state index contributed by atoms with van der Waals surface area (Å²) >= 11 is 1.75. The summed E-state index contributed by atoms with van der Waals surface area (Å²) in [5.41, 5.74) is 0. The first-order valence-electron chi connectivity index (χ1n) is 4.48. The summed E-state index contributed by atoms with van der Waals surface area (Å²) in [6.07, 6.45) is 1.15. The summed E-state index contributed by atoms with van der Waals surface area (Å²) in [6, 6.07) is 0. The Kier molecular flexibility index (Phi) is 3.20. The standard InChI is InChI=1S/C9H16N2S/c1-5-7(4)9-11-10-8(12-9)6(2)3/h6-7H,5H2,1-4H3. The first-order valence-corrected chi connectivity index (χ1v) is 5.30. The van der Waals surface area contributed by atoms with Crippen LogP contribution in [0.5, 0.6) is 0 Å². The summed E-state index contributed by atoms with van der Waals surface area (Å²) in [4.78, 5) is 0. The predicted octanol–water partition coefficient (Wildman–Crippen LogP) is 3.18. The van der Waals surface area contributed by atoms with Crippen molar-refractivity contribution in [2.75, 3.05) is 0 Å². The lowest BCUT2D eigenvalue weighted by Gasteiger charge is -2.00. The normalized spacial score (nSPS) is 13.8. The molecule has 0 saturated heterocycles. The molecule has 2 nitrogen and oxygen atoms in total. The predicted molar refractivity (Wildman–Crippen MR) is 52.7 cm³/mol. The number of nitrogens with zero attached hydrogens (tertiary/aromatic N) is 2. The van der Waals surface area contributed by atoms with Crippen LogP contribution in [0.15, 0.2) is 0 Å². The number of hydrogen-bond acceptors (Lipinski definition) is 3. The van der Waals surface area contributed by atoms with Gasteiger partial charge in [-0.15, -0.1) is 21.5 Å². The summed E-state index contributed by atoms with van der Waals surface area (Å²) in [5, 5.41) is 10.7. The lowest BCUT2D eigenvalue weighted by atomic mass is 10.1. The van der Waals surface area contributed by atoms with Gasteiger partial charge in [-0.25, -0.2) is 0 Å². The Hall–Kier alpha value is -0.440. The van der Waals surface area contributed by atoms with Crippen LogP contribution >= 0.6 is 11.3 Å². The molecule has 0 spiro atoms. The molecule has 0 N–H and O–H groups in total. The molecule has 1 aromatic rings. The Labute approximate surface area is 78.0 Å². The zero-order valence-corrected chi connectivity index (χ0v) is 8.98. The molecule has 3 heteroatoms. The van der Waals surface area contributed by atoms with Gasteiger partial charge in [0.25, 0.3) is 0 Å². The fraction of sp³-hybridized carbons (Fsp3) is 0.778. The van der Waals surface area contributed by atoms with E-state index in [1.54, 1.807) is 11.3 Å². The van der Waals surface area contributed by atoms with Crippen molar-refractivity contribution in [2.24, 2.45) is 0 Å². The summed E-state index contributed by atoms with van der Waals surface area (Å²) in [7, 11) is 0. The SMILES string of the molecule is CCC(C)c1nnc(C(C)C)s1. The van der Waals surface area contributed by atoms with Crippen LogP contribution in [-0.4, -0.2) is 10.2 Å². The highest BCUT2D eigenvalue weighted by molar-refractivity contribution is 7.11. The molecule has 0 saturated carbocycles. The third kappa shape index (κ3) is 2.03. The van der Waals surface area contributed by atoms with Gasteiger partial charge in [0.15, 0.2) is 0 Å². The van der Waals surface area contributed by atoms with Crippen molar-refractivity contribution in [3.05, 3.63) is 10.0 Å². The van der Waals surface area contributed by atoms with Crippen molar-refractivity contribution >= 4 is 11.3 Å². The largest absolute Gasteiger partial charge is 0.143 e. The highest BCUT2D eigenvalue weighted by Crippen LogP contribution is 2.25. The lowest BCUT2D eigenvalue weighted by Crippen LogP contribution is -1.88. The minimum Gasteiger partial charge on any atom is -0.143 e. The van der Waals surface area contributed by atoms with Gasteiger partial charge in [0, 0.05) is 11.8 Å². The summed E-state index contributed by atoms with van der Waals surface area (Å²) in [6.45, 7) is 8.69. The third-order valence-electron chi connectivity index (χ3n) is 1.98. The molecule has 0 aliphatic carbocycles. The van der Waals surface area contributed by atoms with Crippen LogP contribution in [0.2, 0.25) is 0 Å². The van der Waals surface area contributed by atoms with Crippen molar-refractivity contribution in [3.8, 4) is 0 Å². The molecule has 1 heterocycles. The first kappa shape index (κ1) is 9.65. The Morgan fingerprint density at radius 1 is 1.17 bits per heavy atom. The molecule has 1 aromatic heterocycles. The minimum absolute atomic E-state index is 0.514. The fourth-order valence-corrected chi connectivity index (χ4v) is 1.83. The molecule has 0 amide bonds. The van der Waals surface area contributed by atoms with Crippen LogP contribution in [0.4, 0.5) is 0 Å². The van der Waals surface area contributed by atoms with E-state index >= 15 is 0 Å². The van der Waals surface area contributed by atoms with E-state index in [9.17, 15) is 0 Å². The zero-order chi connectivity index (χ0) is 9.14. The van der Waals surface area contributed by atoms with E-state index in [1.807, 2.05) is 0 Å². The molecule has 0 aliphatic heterocycles. The highest BCUT2D eigenvalue weighted by Gasteiger charge is 2.11. The Bertz CT molecular complexity index is 242. The first-order chi connectivity index (χ1) is 5.65. The zero-order valence-electron chi connectivity index (χ0n) is 8.16. The van der Waals surface area contributed by atoms with Crippen molar-refractivity contribution in [3.63, 3.8) is 0 Å². The van der Waals surface area contributed by atoms with Gasteiger partial charge in [0.2, 0.25) is 0 Å². The van der Waals surface area contributed by atoms with Crippen LogP contribution in [0.1, 0.15) is 56.0 Å². The maximum absolute atomic E-state index is 4.18. The van der Waals surface area contributed by atoms with E-state index in [1.165, 1.54) is 5.01 Å². The van der Waals surface area contributed by atoms with Crippen LogP contribution < -0.4 is 0 Å². The van der Waals surface area contributed by atoms with Gasteiger partial charge in [0.1, 0.15) is 10.0 Å². The molecule has 0 aromatic carbocycles. The van der Waals surface area contributed by atoms with Gasteiger partial charge in [-0.1, -0.05) is 27.7 Å². The van der Waals surface area contributed by atoms with Gasteiger partial charge < -0.3 is 0 Å². The number of aromatic nitrogens is 2. The van der Waals surface area contributed by atoms with E-state index < -0.39 is 0 Å². The van der Waals surface area contributed by atoms with Gasteiger partial charge in [-0.2, -0.15) is 0 Å². The summed E-state index contributed by atoms with van der Waals surface area (Å²) < 4.78 is 0. The molecular weight excluding hydrogens is 168 g/mol. The second-order valence-electron chi connectivity index (χ2n) is 3.44. The Morgan fingerprint density at radius 2 is 1.75 bits per heavy atom. The lowest BCUT2D eigenvalue weighted by molar-refractivity contribution is 0.710. The van der Waals surface area contributed by atoms with Crippen molar-refractivity contribution in [1.29, 1.82) is 0 Å². The average Bonchev–Trinajstić information content (AvgIpc) is 2.51. The van der Waals surface area contributed by atoms with E-state index in [0.717, 1.165) is 11.4 Å². The second kappa shape index (κ2) is 3.99. The van der Waals surface area contributed by atoms with Crippen LogP contribution in [0, 0.1) is 0 Å². The van der Waals surface area contributed by atoms with Gasteiger partial charge in [-0.3, -0.25) is 0 Å². The minimum atomic E-state index is 0.514. The molecule has 1 atom stereocenters. The van der Waals surface area contributed by atoms with E-state index in [0.29, 0.717) is 11.8 Å². The molecule has 0 radical (unpaired) electrons. The maximum Gasteiger partial charge on any atom is 0.120 e. The molecule has 68 valence electrons. The van der Waals surface area contributed by atoms with E-state index in [4.69, 9.17) is 0 Å². The topological polar surface area (TPSA) is 25.8 Å².